The molecule has 2 heterocycles. The number of fused-ring (bicyclic) bond motifs is 1. The molecule has 22 heavy (non-hydrogen) atoms. The van der Waals surface area contributed by atoms with E-state index in [1.54, 1.807) is 0 Å². The number of hydrogen-bond acceptors (Lipinski definition) is 5. The molecule has 0 bridgehead atoms. The van der Waals surface area contributed by atoms with Crippen molar-refractivity contribution in [2.24, 2.45) is 0 Å². The molecule has 0 saturated carbocycles. The van der Waals surface area contributed by atoms with Gasteiger partial charge < -0.3 is 5.32 Å². The summed E-state index contributed by atoms with van der Waals surface area (Å²) in [5.41, 5.74) is -0.214. The molecule has 0 aliphatic carbocycles. The molecule has 1 N–H and O–H groups in total. The van der Waals surface area contributed by atoms with E-state index in [4.69, 9.17) is 0 Å². The molecule has 1 fully saturated rings. The van der Waals surface area contributed by atoms with Gasteiger partial charge in [-0.15, -0.1) is 0 Å². The molecule has 8 nitrogen and oxygen atoms in total. The molecule has 1 atom stereocenters. The van der Waals surface area contributed by atoms with E-state index in [-0.39, 0.29) is 17.5 Å². The van der Waals surface area contributed by atoms with Crippen LogP contribution in [0, 0.1) is 10.1 Å². The molecule has 1 unspecified atom stereocenters. The topological polar surface area (TPSA) is 110 Å². The van der Waals surface area contributed by atoms with Crippen molar-refractivity contribution >= 4 is 23.4 Å². The van der Waals surface area contributed by atoms with Gasteiger partial charge in [0.05, 0.1) is 10.5 Å². The Morgan fingerprint density at radius 3 is 2.64 bits per heavy atom. The second-order valence-corrected chi connectivity index (χ2v) is 5.08. The van der Waals surface area contributed by atoms with E-state index in [0.717, 1.165) is 11.0 Å². The third-order valence-electron chi connectivity index (χ3n) is 3.75. The Balaban J connectivity index is 2.04. The van der Waals surface area contributed by atoms with E-state index in [1.165, 1.54) is 12.1 Å². The molecule has 3 amide bonds. The van der Waals surface area contributed by atoms with Gasteiger partial charge in [-0.3, -0.25) is 29.4 Å². The fourth-order valence-corrected chi connectivity index (χ4v) is 2.73. The number of piperidine rings is 1. The van der Waals surface area contributed by atoms with Gasteiger partial charge >= 0.3 is 0 Å². The average Bonchev–Trinajstić information content (AvgIpc) is 2.72. The van der Waals surface area contributed by atoms with Gasteiger partial charge in [0, 0.05) is 11.8 Å². The zero-order chi connectivity index (χ0) is 16.0. The number of amides is 3. The van der Waals surface area contributed by atoms with Crippen molar-refractivity contribution in [3.05, 3.63) is 51.7 Å². The fourth-order valence-electron chi connectivity index (χ4n) is 2.73. The van der Waals surface area contributed by atoms with E-state index in [2.05, 4.69) is 11.9 Å². The molecule has 0 radical (unpaired) electrons. The van der Waals surface area contributed by atoms with Crippen molar-refractivity contribution in [2.75, 3.05) is 0 Å². The van der Waals surface area contributed by atoms with Gasteiger partial charge in [-0.05, 0) is 18.9 Å². The standard InChI is InChI=1S/C14H11N3O5/c1-7-5-6-10(12(18)15-7)16-13(19)8-3-2-4-9(17(21)22)11(8)14(16)20/h2-4,10H,1,5-6H2,(H,15,18). The summed E-state index contributed by atoms with van der Waals surface area (Å²) >= 11 is 0. The summed E-state index contributed by atoms with van der Waals surface area (Å²) in [5, 5.41) is 13.5. The van der Waals surface area contributed by atoms with Crippen LogP contribution >= 0.6 is 0 Å². The minimum Gasteiger partial charge on any atom is -0.329 e. The Morgan fingerprint density at radius 2 is 2.00 bits per heavy atom. The van der Waals surface area contributed by atoms with Crippen LogP contribution in [-0.4, -0.2) is 33.6 Å². The second-order valence-electron chi connectivity index (χ2n) is 5.08. The van der Waals surface area contributed by atoms with Gasteiger partial charge in [-0.2, -0.15) is 0 Å². The van der Waals surface area contributed by atoms with E-state index < -0.39 is 34.4 Å². The number of nitrogens with zero attached hydrogens (tertiary/aromatic N) is 2. The minimum absolute atomic E-state index is 0.0450. The minimum atomic E-state index is -0.975. The highest BCUT2D eigenvalue weighted by atomic mass is 16.6. The normalized spacial score (nSPS) is 20.9. The van der Waals surface area contributed by atoms with Crippen LogP contribution < -0.4 is 5.32 Å². The van der Waals surface area contributed by atoms with Gasteiger partial charge in [-0.1, -0.05) is 12.6 Å². The van der Waals surface area contributed by atoms with Crippen LogP contribution in [0.25, 0.3) is 0 Å². The maximum Gasteiger partial charge on any atom is 0.282 e. The number of carbonyl (C=O) groups is 3. The zero-order valence-corrected chi connectivity index (χ0v) is 11.4. The lowest BCUT2D eigenvalue weighted by molar-refractivity contribution is -0.385. The molecule has 112 valence electrons. The first-order valence-corrected chi connectivity index (χ1v) is 6.55. The number of nitro groups is 1. The monoisotopic (exact) mass is 301 g/mol. The van der Waals surface area contributed by atoms with Crippen LogP contribution in [0.2, 0.25) is 0 Å². The van der Waals surface area contributed by atoms with Gasteiger partial charge in [0.15, 0.2) is 0 Å². The van der Waals surface area contributed by atoms with E-state index in [9.17, 15) is 24.5 Å². The largest absolute Gasteiger partial charge is 0.329 e. The molecular weight excluding hydrogens is 290 g/mol. The first-order valence-electron chi connectivity index (χ1n) is 6.55. The van der Waals surface area contributed by atoms with E-state index in [1.807, 2.05) is 0 Å². The number of carbonyl (C=O) groups excluding carboxylic acids is 3. The Kier molecular flexibility index (Phi) is 3.01. The van der Waals surface area contributed by atoms with Crippen LogP contribution in [0.3, 0.4) is 0 Å². The number of hydrogen-bond donors (Lipinski definition) is 1. The zero-order valence-electron chi connectivity index (χ0n) is 11.4. The van der Waals surface area contributed by atoms with E-state index >= 15 is 0 Å². The molecule has 3 rings (SSSR count). The lowest BCUT2D eigenvalue weighted by Crippen LogP contribution is -2.51. The third kappa shape index (κ3) is 1.88. The van der Waals surface area contributed by atoms with Crippen molar-refractivity contribution in [2.45, 2.75) is 18.9 Å². The molecule has 2 aliphatic rings. The van der Waals surface area contributed by atoms with Gasteiger partial charge in [0.25, 0.3) is 17.5 Å². The molecule has 0 aromatic heterocycles. The molecule has 1 aromatic carbocycles. The first kappa shape index (κ1) is 13.9. The van der Waals surface area contributed by atoms with Crippen LogP contribution in [0.1, 0.15) is 33.6 Å². The Bertz CT molecular complexity index is 755. The van der Waals surface area contributed by atoms with Crippen LogP contribution in [0.4, 0.5) is 5.69 Å². The second kappa shape index (κ2) is 4.76. The van der Waals surface area contributed by atoms with Crippen molar-refractivity contribution < 1.29 is 19.3 Å². The average molecular weight is 301 g/mol. The summed E-state index contributed by atoms with van der Waals surface area (Å²) in [4.78, 5) is 48.0. The predicted molar refractivity (Wildman–Crippen MR) is 73.9 cm³/mol. The lowest BCUT2D eigenvalue weighted by atomic mass is 10.0. The van der Waals surface area contributed by atoms with Crippen LogP contribution in [0.15, 0.2) is 30.5 Å². The Morgan fingerprint density at radius 1 is 1.27 bits per heavy atom. The Labute approximate surface area is 124 Å². The number of nitrogens with one attached hydrogen (secondary N) is 1. The van der Waals surface area contributed by atoms with Gasteiger partial charge in [-0.25, -0.2) is 0 Å². The highest BCUT2D eigenvalue weighted by molar-refractivity contribution is 6.24. The first-order chi connectivity index (χ1) is 10.4. The molecule has 1 saturated heterocycles. The number of imide groups is 1. The molecule has 0 spiro atoms. The van der Waals surface area contributed by atoms with Gasteiger partial charge in [0.1, 0.15) is 11.6 Å². The summed E-state index contributed by atoms with van der Waals surface area (Å²) in [6.07, 6.45) is 0.690. The van der Waals surface area contributed by atoms with E-state index in [0.29, 0.717) is 12.1 Å². The SMILES string of the molecule is C=C1CCC(N2C(=O)c3cccc([N+](=O)[O-])c3C2=O)C(=O)N1. The smallest absolute Gasteiger partial charge is 0.282 e. The molecular formula is C14H11N3O5. The number of benzene rings is 1. The highest BCUT2D eigenvalue weighted by Crippen LogP contribution is 2.33. The highest BCUT2D eigenvalue weighted by Gasteiger charge is 2.46. The summed E-state index contributed by atoms with van der Waals surface area (Å²) < 4.78 is 0. The van der Waals surface area contributed by atoms with Crippen LogP contribution in [0.5, 0.6) is 0 Å². The molecule has 8 heteroatoms. The van der Waals surface area contributed by atoms with Crippen molar-refractivity contribution in [1.29, 1.82) is 0 Å². The number of allylic oxidation sites excluding steroid dienone is 1. The summed E-state index contributed by atoms with van der Waals surface area (Å²) in [6, 6.07) is 2.88. The predicted octanol–water partition coefficient (Wildman–Crippen LogP) is 0.983. The van der Waals surface area contributed by atoms with Crippen molar-refractivity contribution in [3.63, 3.8) is 0 Å². The maximum atomic E-state index is 12.5. The lowest BCUT2D eigenvalue weighted by Gasteiger charge is -2.29. The summed E-state index contributed by atoms with van der Waals surface area (Å²) in [5.74, 6) is -2.00. The van der Waals surface area contributed by atoms with Crippen molar-refractivity contribution in [1.82, 2.24) is 10.2 Å². The van der Waals surface area contributed by atoms with Crippen molar-refractivity contribution in [3.8, 4) is 0 Å². The Hall–Kier alpha value is -3.03. The quantitative estimate of drug-likeness (QED) is 0.497. The fraction of sp³-hybridized carbons (Fsp3) is 0.214. The summed E-state index contributed by atoms with van der Waals surface area (Å²) in [6.45, 7) is 3.63. The summed E-state index contributed by atoms with van der Waals surface area (Å²) in [7, 11) is 0. The number of rotatable bonds is 2. The molecule has 2 aliphatic heterocycles. The molecule has 1 aromatic rings. The third-order valence-corrected chi connectivity index (χ3v) is 3.75. The van der Waals surface area contributed by atoms with Gasteiger partial charge in [0.2, 0.25) is 5.91 Å². The number of nitro benzene ring substituents is 1. The maximum absolute atomic E-state index is 12.5. The van der Waals surface area contributed by atoms with Crippen LogP contribution in [-0.2, 0) is 4.79 Å².